The van der Waals surface area contributed by atoms with E-state index >= 15 is 0 Å². The first-order valence-corrected chi connectivity index (χ1v) is 7.31. The van der Waals surface area contributed by atoms with Crippen molar-refractivity contribution < 1.29 is 4.79 Å². The lowest BCUT2D eigenvalue weighted by Gasteiger charge is -2.40. The maximum atomic E-state index is 12.5. The van der Waals surface area contributed by atoms with E-state index in [0.29, 0.717) is 11.9 Å². The van der Waals surface area contributed by atoms with Crippen LogP contribution < -0.4 is 5.32 Å². The molecule has 18 heavy (non-hydrogen) atoms. The smallest absolute Gasteiger partial charge is 0.229 e. The van der Waals surface area contributed by atoms with Crippen LogP contribution in [0.15, 0.2) is 0 Å². The molecule has 1 N–H and O–H groups in total. The summed E-state index contributed by atoms with van der Waals surface area (Å²) in [5.41, 5.74) is -0.154. The molecule has 2 heterocycles. The molecule has 0 aromatic carbocycles. The second-order valence-electron chi connectivity index (χ2n) is 6.07. The van der Waals surface area contributed by atoms with Crippen LogP contribution in [0.3, 0.4) is 0 Å². The molecule has 1 amide bonds. The van der Waals surface area contributed by atoms with Crippen LogP contribution in [0, 0.1) is 5.41 Å². The Bertz CT molecular complexity index is 291. The van der Waals surface area contributed by atoms with Crippen LogP contribution in [0.1, 0.15) is 33.6 Å². The van der Waals surface area contributed by atoms with Crippen molar-refractivity contribution in [3.8, 4) is 0 Å². The molecule has 2 saturated heterocycles. The molecule has 0 aromatic rings. The van der Waals surface area contributed by atoms with E-state index < -0.39 is 0 Å². The predicted octanol–water partition coefficient (Wildman–Crippen LogP) is 0.929. The van der Waals surface area contributed by atoms with E-state index in [1.165, 1.54) is 6.42 Å². The maximum Gasteiger partial charge on any atom is 0.229 e. The molecule has 0 spiro atoms. The number of carbonyl (C=O) groups is 1. The summed E-state index contributed by atoms with van der Waals surface area (Å²) in [7, 11) is 0. The Morgan fingerprint density at radius 3 is 2.50 bits per heavy atom. The molecule has 4 nitrogen and oxygen atoms in total. The van der Waals surface area contributed by atoms with Gasteiger partial charge in [-0.05, 0) is 33.2 Å². The average Bonchev–Trinajstić information content (AvgIpc) is 2.85. The number of amides is 1. The summed E-state index contributed by atoms with van der Waals surface area (Å²) >= 11 is 0. The summed E-state index contributed by atoms with van der Waals surface area (Å²) in [6.45, 7) is 12.3. The molecule has 0 aromatic heterocycles. The van der Waals surface area contributed by atoms with E-state index in [1.54, 1.807) is 0 Å². The van der Waals surface area contributed by atoms with Gasteiger partial charge in [0.15, 0.2) is 0 Å². The normalized spacial score (nSPS) is 31.6. The fourth-order valence-corrected chi connectivity index (χ4v) is 3.01. The van der Waals surface area contributed by atoms with Crippen molar-refractivity contribution in [1.82, 2.24) is 15.1 Å². The first kappa shape index (κ1) is 13.8. The van der Waals surface area contributed by atoms with Crippen LogP contribution in [0.25, 0.3) is 0 Å². The van der Waals surface area contributed by atoms with Gasteiger partial charge in [0.05, 0.1) is 5.41 Å². The summed E-state index contributed by atoms with van der Waals surface area (Å²) in [4.78, 5) is 17.1. The van der Waals surface area contributed by atoms with Gasteiger partial charge in [-0.25, -0.2) is 0 Å². The molecular formula is C14H27N3O. The van der Waals surface area contributed by atoms with E-state index in [-0.39, 0.29) is 5.41 Å². The highest BCUT2D eigenvalue weighted by Gasteiger charge is 2.40. The molecule has 2 aliphatic rings. The van der Waals surface area contributed by atoms with Gasteiger partial charge in [0, 0.05) is 38.8 Å². The molecule has 2 fully saturated rings. The molecule has 2 atom stereocenters. The second-order valence-corrected chi connectivity index (χ2v) is 6.07. The standard InChI is InChI=1S/C14H27N3O/c1-4-12(2)16-7-9-17(10-8-16)13(18)14(3)5-6-15-11-14/h12,15H,4-11H2,1-3H3. The first-order valence-electron chi connectivity index (χ1n) is 7.31. The summed E-state index contributed by atoms with van der Waals surface area (Å²) in [6.07, 6.45) is 2.17. The Balaban J connectivity index is 1.88. The Morgan fingerprint density at radius 1 is 1.33 bits per heavy atom. The molecule has 2 aliphatic heterocycles. The van der Waals surface area contributed by atoms with Gasteiger partial charge in [-0.15, -0.1) is 0 Å². The number of hydrogen-bond acceptors (Lipinski definition) is 3. The van der Waals surface area contributed by atoms with Crippen molar-refractivity contribution in [3.63, 3.8) is 0 Å². The molecule has 4 heteroatoms. The van der Waals surface area contributed by atoms with Crippen LogP contribution in [0.2, 0.25) is 0 Å². The Labute approximate surface area is 111 Å². The van der Waals surface area contributed by atoms with Crippen LogP contribution in [0.5, 0.6) is 0 Å². The Hall–Kier alpha value is -0.610. The summed E-state index contributed by atoms with van der Waals surface area (Å²) in [5.74, 6) is 0.358. The molecule has 0 aliphatic carbocycles. The predicted molar refractivity (Wildman–Crippen MR) is 73.5 cm³/mol. The minimum absolute atomic E-state index is 0.154. The number of nitrogens with one attached hydrogen (secondary N) is 1. The Kier molecular flexibility index (Phi) is 4.28. The van der Waals surface area contributed by atoms with Gasteiger partial charge < -0.3 is 10.2 Å². The number of hydrogen-bond donors (Lipinski definition) is 1. The average molecular weight is 253 g/mol. The van der Waals surface area contributed by atoms with Gasteiger partial charge in [0.2, 0.25) is 5.91 Å². The summed E-state index contributed by atoms with van der Waals surface area (Å²) < 4.78 is 0. The van der Waals surface area contributed by atoms with Crippen molar-refractivity contribution in [2.45, 2.75) is 39.7 Å². The van der Waals surface area contributed by atoms with Crippen LogP contribution in [0.4, 0.5) is 0 Å². The largest absolute Gasteiger partial charge is 0.340 e. The third-order valence-electron chi connectivity index (χ3n) is 4.70. The van der Waals surface area contributed by atoms with Crippen LogP contribution in [-0.4, -0.2) is 61.0 Å². The van der Waals surface area contributed by atoms with E-state index in [2.05, 4.69) is 35.9 Å². The van der Waals surface area contributed by atoms with Crippen LogP contribution >= 0.6 is 0 Å². The SMILES string of the molecule is CCC(C)N1CCN(C(=O)C2(C)CCNC2)CC1. The Morgan fingerprint density at radius 2 is 2.00 bits per heavy atom. The fourth-order valence-electron chi connectivity index (χ4n) is 3.01. The zero-order chi connectivity index (χ0) is 13.2. The third kappa shape index (κ3) is 2.69. The second kappa shape index (κ2) is 5.57. The molecular weight excluding hydrogens is 226 g/mol. The van der Waals surface area contributed by atoms with E-state index in [0.717, 1.165) is 45.7 Å². The number of rotatable bonds is 3. The first-order chi connectivity index (χ1) is 8.57. The lowest BCUT2D eigenvalue weighted by Crippen LogP contribution is -2.54. The number of carbonyl (C=O) groups excluding carboxylic acids is 1. The monoisotopic (exact) mass is 253 g/mol. The highest BCUT2D eigenvalue weighted by molar-refractivity contribution is 5.83. The summed E-state index contributed by atoms with van der Waals surface area (Å²) in [6, 6.07) is 0.644. The molecule has 2 unspecified atom stereocenters. The lowest BCUT2D eigenvalue weighted by molar-refractivity contribution is -0.142. The molecule has 2 rings (SSSR count). The quantitative estimate of drug-likeness (QED) is 0.813. The molecule has 0 radical (unpaired) electrons. The lowest BCUT2D eigenvalue weighted by atomic mass is 9.88. The highest BCUT2D eigenvalue weighted by Crippen LogP contribution is 2.27. The number of piperazine rings is 1. The van der Waals surface area contributed by atoms with E-state index in [9.17, 15) is 4.79 Å². The van der Waals surface area contributed by atoms with Crippen molar-refractivity contribution in [2.75, 3.05) is 39.3 Å². The van der Waals surface area contributed by atoms with Gasteiger partial charge in [0.25, 0.3) is 0 Å². The summed E-state index contributed by atoms with van der Waals surface area (Å²) in [5, 5.41) is 3.31. The zero-order valence-electron chi connectivity index (χ0n) is 12.0. The third-order valence-corrected chi connectivity index (χ3v) is 4.70. The minimum atomic E-state index is -0.154. The van der Waals surface area contributed by atoms with Gasteiger partial charge in [0.1, 0.15) is 0 Å². The number of nitrogens with zero attached hydrogens (tertiary/aromatic N) is 2. The molecule has 104 valence electrons. The van der Waals surface area contributed by atoms with Crippen molar-refractivity contribution in [1.29, 1.82) is 0 Å². The van der Waals surface area contributed by atoms with E-state index in [1.807, 2.05) is 0 Å². The molecule has 0 saturated carbocycles. The maximum absolute atomic E-state index is 12.5. The van der Waals surface area contributed by atoms with Gasteiger partial charge in [-0.3, -0.25) is 9.69 Å². The zero-order valence-corrected chi connectivity index (χ0v) is 12.0. The van der Waals surface area contributed by atoms with E-state index in [4.69, 9.17) is 0 Å². The topological polar surface area (TPSA) is 35.6 Å². The van der Waals surface area contributed by atoms with Crippen molar-refractivity contribution >= 4 is 5.91 Å². The molecule has 0 bridgehead atoms. The van der Waals surface area contributed by atoms with Crippen LogP contribution in [-0.2, 0) is 4.79 Å². The van der Waals surface area contributed by atoms with Crippen molar-refractivity contribution in [2.24, 2.45) is 5.41 Å². The van der Waals surface area contributed by atoms with Gasteiger partial charge in [-0.1, -0.05) is 6.92 Å². The fraction of sp³-hybridized carbons (Fsp3) is 0.929. The minimum Gasteiger partial charge on any atom is -0.340 e. The highest BCUT2D eigenvalue weighted by atomic mass is 16.2. The van der Waals surface area contributed by atoms with Gasteiger partial charge in [-0.2, -0.15) is 0 Å². The van der Waals surface area contributed by atoms with Gasteiger partial charge >= 0.3 is 0 Å². The van der Waals surface area contributed by atoms with Crippen molar-refractivity contribution in [3.05, 3.63) is 0 Å².